The molecule has 0 radical (unpaired) electrons. The highest BCUT2D eigenvalue weighted by molar-refractivity contribution is 5.85. The predicted molar refractivity (Wildman–Crippen MR) is 121 cm³/mol. The summed E-state index contributed by atoms with van der Waals surface area (Å²) in [5.41, 5.74) is 2.59. The van der Waals surface area contributed by atoms with Gasteiger partial charge in [-0.3, -0.25) is 0 Å². The number of halogens is 1. The lowest BCUT2D eigenvalue weighted by Gasteiger charge is -2.50. The van der Waals surface area contributed by atoms with Crippen molar-refractivity contribution in [3.05, 3.63) is 66.2 Å². The maximum absolute atomic E-state index is 9.48. The Morgan fingerprint density at radius 1 is 0.966 bits per heavy atom. The summed E-state index contributed by atoms with van der Waals surface area (Å²) in [6.45, 7) is 5.28. The van der Waals surface area contributed by atoms with Gasteiger partial charge in [-0.2, -0.15) is 0 Å². The van der Waals surface area contributed by atoms with Gasteiger partial charge in [0.25, 0.3) is 0 Å². The topological polar surface area (TPSA) is 35.9 Å². The standard InChI is InChI=1S/C24H32N2O2.ClH/c27-18-12-23-19-26(22-9-5-2-6-10-22)20-24(28-23)13-16-25(17-14-24)15-11-21-7-3-1-4-8-21;/h1-10,23,27H,11-20H2;1H. The molecule has 4 nitrogen and oxygen atoms in total. The molecule has 2 aromatic carbocycles. The van der Waals surface area contributed by atoms with Crippen LogP contribution in [-0.2, 0) is 11.2 Å². The lowest BCUT2D eigenvalue weighted by Crippen LogP contribution is -2.60. The molecule has 0 saturated carbocycles. The minimum absolute atomic E-state index is 0. The molecule has 2 fully saturated rings. The normalized spacial score (nSPS) is 21.7. The molecule has 0 amide bonds. The van der Waals surface area contributed by atoms with Gasteiger partial charge in [-0.15, -0.1) is 12.4 Å². The summed E-state index contributed by atoms with van der Waals surface area (Å²) in [5, 5.41) is 9.48. The summed E-state index contributed by atoms with van der Waals surface area (Å²) in [5.74, 6) is 0. The molecule has 2 heterocycles. The van der Waals surface area contributed by atoms with Crippen LogP contribution in [0, 0.1) is 0 Å². The predicted octanol–water partition coefficient (Wildman–Crippen LogP) is 3.77. The number of anilines is 1. The Morgan fingerprint density at radius 3 is 2.28 bits per heavy atom. The van der Waals surface area contributed by atoms with Crippen LogP contribution in [0.25, 0.3) is 0 Å². The molecule has 2 aliphatic rings. The van der Waals surface area contributed by atoms with Crippen LogP contribution < -0.4 is 4.90 Å². The van der Waals surface area contributed by atoms with Crippen molar-refractivity contribution in [1.29, 1.82) is 0 Å². The van der Waals surface area contributed by atoms with Crippen molar-refractivity contribution >= 4 is 18.1 Å². The van der Waals surface area contributed by atoms with Gasteiger partial charge in [0.1, 0.15) is 0 Å². The third kappa shape index (κ3) is 5.73. The quantitative estimate of drug-likeness (QED) is 0.777. The number of rotatable bonds is 6. The van der Waals surface area contributed by atoms with Gasteiger partial charge in [0, 0.05) is 45.0 Å². The van der Waals surface area contributed by atoms with Crippen LogP contribution in [0.1, 0.15) is 24.8 Å². The molecule has 2 saturated heterocycles. The van der Waals surface area contributed by atoms with E-state index in [1.165, 1.54) is 11.3 Å². The number of morpholine rings is 1. The first kappa shape index (κ1) is 22.1. The fourth-order valence-electron chi connectivity index (χ4n) is 4.61. The zero-order valence-corrected chi connectivity index (χ0v) is 17.9. The number of piperidine rings is 1. The lowest BCUT2D eigenvalue weighted by molar-refractivity contribution is -0.137. The fourth-order valence-corrected chi connectivity index (χ4v) is 4.61. The minimum atomic E-state index is -0.0861. The van der Waals surface area contributed by atoms with Crippen LogP contribution in [0.2, 0.25) is 0 Å². The first-order chi connectivity index (χ1) is 13.8. The number of aliphatic hydroxyl groups excluding tert-OH is 1. The summed E-state index contributed by atoms with van der Waals surface area (Å²) in [6, 6.07) is 21.4. The first-order valence-corrected chi connectivity index (χ1v) is 10.6. The molecule has 5 heteroatoms. The Hall–Kier alpha value is -1.59. The van der Waals surface area contributed by atoms with Crippen LogP contribution in [0.3, 0.4) is 0 Å². The van der Waals surface area contributed by atoms with Crippen LogP contribution >= 0.6 is 12.4 Å². The molecule has 0 bridgehead atoms. The number of nitrogens with zero attached hydrogens (tertiary/aromatic N) is 2. The molecule has 29 heavy (non-hydrogen) atoms. The number of likely N-dealkylation sites (tertiary alicyclic amines) is 1. The Bertz CT molecular complexity index is 720. The van der Waals surface area contributed by atoms with Crippen molar-refractivity contribution in [1.82, 2.24) is 4.90 Å². The molecule has 1 atom stereocenters. The number of ether oxygens (including phenoxy) is 1. The minimum Gasteiger partial charge on any atom is -0.396 e. The molecule has 1 spiro atoms. The lowest BCUT2D eigenvalue weighted by atomic mass is 9.87. The third-order valence-electron chi connectivity index (χ3n) is 6.22. The van der Waals surface area contributed by atoms with Crippen LogP contribution in [0.15, 0.2) is 60.7 Å². The van der Waals surface area contributed by atoms with E-state index in [0.29, 0.717) is 6.42 Å². The Kier molecular flexibility index (Phi) is 7.96. The highest BCUT2D eigenvalue weighted by Gasteiger charge is 2.42. The Labute approximate surface area is 180 Å². The van der Waals surface area contributed by atoms with Gasteiger partial charge >= 0.3 is 0 Å². The van der Waals surface area contributed by atoms with E-state index in [0.717, 1.165) is 52.0 Å². The smallest absolute Gasteiger partial charge is 0.0885 e. The Balaban J connectivity index is 0.00000240. The van der Waals surface area contributed by atoms with Gasteiger partial charge in [-0.05, 0) is 43.4 Å². The second-order valence-corrected chi connectivity index (χ2v) is 8.23. The number of hydrogen-bond donors (Lipinski definition) is 1. The molecule has 1 unspecified atom stereocenters. The zero-order chi connectivity index (χ0) is 19.2. The van der Waals surface area contributed by atoms with Gasteiger partial charge in [0.2, 0.25) is 0 Å². The van der Waals surface area contributed by atoms with Crippen molar-refractivity contribution < 1.29 is 9.84 Å². The van der Waals surface area contributed by atoms with Gasteiger partial charge < -0.3 is 19.6 Å². The van der Waals surface area contributed by atoms with E-state index in [9.17, 15) is 5.11 Å². The van der Waals surface area contributed by atoms with E-state index < -0.39 is 0 Å². The molecule has 2 aliphatic heterocycles. The second-order valence-electron chi connectivity index (χ2n) is 8.23. The summed E-state index contributed by atoms with van der Waals surface area (Å²) in [6.07, 6.45) is 4.05. The largest absolute Gasteiger partial charge is 0.396 e. The van der Waals surface area contributed by atoms with E-state index in [1.807, 2.05) is 0 Å². The van der Waals surface area contributed by atoms with Crippen LogP contribution in [0.4, 0.5) is 5.69 Å². The monoisotopic (exact) mass is 416 g/mol. The molecule has 0 aromatic heterocycles. The van der Waals surface area contributed by atoms with Crippen molar-refractivity contribution in [3.8, 4) is 0 Å². The van der Waals surface area contributed by atoms with E-state index in [-0.39, 0.29) is 30.7 Å². The average molecular weight is 417 g/mol. The molecular weight excluding hydrogens is 384 g/mol. The van der Waals surface area contributed by atoms with E-state index >= 15 is 0 Å². The zero-order valence-electron chi connectivity index (χ0n) is 17.1. The van der Waals surface area contributed by atoms with Gasteiger partial charge in [-0.1, -0.05) is 48.5 Å². The Morgan fingerprint density at radius 2 is 1.62 bits per heavy atom. The SMILES string of the molecule is Cl.OCCC1CN(c2ccccc2)CC2(CCN(CCc3ccccc3)CC2)O1. The van der Waals surface area contributed by atoms with Crippen molar-refractivity contribution in [3.63, 3.8) is 0 Å². The number of benzene rings is 2. The molecule has 158 valence electrons. The molecule has 1 N–H and O–H groups in total. The van der Waals surface area contributed by atoms with Crippen LogP contribution in [0.5, 0.6) is 0 Å². The molecular formula is C24H33ClN2O2. The van der Waals surface area contributed by atoms with Crippen molar-refractivity contribution in [2.75, 3.05) is 44.2 Å². The summed E-state index contributed by atoms with van der Waals surface area (Å²) >= 11 is 0. The molecule has 2 aromatic rings. The van der Waals surface area contributed by atoms with Gasteiger partial charge in [0.15, 0.2) is 0 Å². The van der Waals surface area contributed by atoms with Crippen molar-refractivity contribution in [2.24, 2.45) is 0 Å². The first-order valence-electron chi connectivity index (χ1n) is 10.6. The maximum atomic E-state index is 9.48. The third-order valence-corrected chi connectivity index (χ3v) is 6.22. The van der Waals surface area contributed by atoms with Crippen LogP contribution in [-0.4, -0.2) is 61.0 Å². The summed E-state index contributed by atoms with van der Waals surface area (Å²) in [7, 11) is 0. The summed E-state index contributed by atoms with van der Waals surface area (Å²) < 4.78 is 6.59. The highest BCUT2D eigenvalue weighted by Crippen LogP contribution is 2.35. The maximum Gasteiger partial charge on any atom is 0.0885 e. The number of para-hydroxylation sites is 1. The van der Waals surface area contributed by atoms with Crippen molar-refractivity contribution in [2.45, 2.75) is 37.4 Å². The molecule has 0 aliphatic carbocycles. The van der Waals surface area contributed by atoms with E-state index in [2.05, 4.69) is 70.5 Å². The van der Waals surface area contributed by atoms with E-state index in [1.54, 1.807) is 0 Å². The summed E-state index contributed by atoms with van der Waals surface area (Å²) in [4.78, 5) is 5.04. The van der Waals surface area contributed by atoms with E-state index in [4.69, 9.17) is 4.74 Å². The number of aliphatic hydroxyl groups is 1. The van der Waals surface area contributed by atoms with Gasteiger partial charge in [0.05, 0.1) is 11.7 Å². The fraction of sp³-hybridized carbons (Fsp3) is 0.500. The second kappa shape index (κ2) is 10.4. The van der Waals surface area contributed by atoms with Gasteiger partial charge in [-0.25, -0.2) is 0 Å². The average Bonchev–Trinajstić information content (AvgIpc) is 2.75. The highest BCUT2D eigenvalue weighted by atomic mass is 35.5. The number of hydrogen-bond acceptors (Lipinski definition) is 4. The molecule has 4 rings (SSSR count).